The number of sulfonamides is 1. The zero-order chi connectivity index (χ0) is 26.9. The number of rotatable bonds is 12. The molecule has 2 N–H and O–H groups in total. The molecule has 0 saturated carbocycles. The normalized spacial score (nSPS) is 11.5. The molecule has 0 unspecified atom stereocenters. The van der Waals surface area contributed by atoms with Crippen LogP contribution in [0.3, 0.4) is 0 Å². The molecule has 5 aromatic rings. The lowest BCUT2D eigenvalue weighted by atomic mass is 10.0. The van der Waals surface area contributed by atoms with Gasteiger partial charge < -0.3 is 10.1 Å². The van der Waals surface area contributed by atoms with E-state index in [1.165, 1.54) is 0 Å². The van der Waals surface area contributed by atoms with E-state index < -0.39 is 10.0 Å². The molecule has 1 heterocycles. The van der Waals surface area contributed by atoms with E-state index in [-0.39, 0.29) is 11.4 Å². The molecular weight excluding hydrogens is 506 g/mol. The summed E-state index contributed by atoms with van der Waals surface area (Å²) in [7, 11) is -3.72. The van der Waals surface area contributed by atoms with Crippen LogP contribution in [0.15, 0.2) is 120 Å². The summed E-state index contributed by atoms with van der Waals surface area (Å²) in [6.45, 7) is 1.58. The number of nitrogens with one attached hydrogen (secondary N) is 2. The van der Waals surface area contributed by atoms with E-state index in [2.05, 4.69) is 21.1 Å². The van der Waals surface area contributed by atoms with Crippen molar-refractivity contribution in [2.24, 2.45) is 0 Å². The molecule has 0 aliphatic carbocycles. The summed E-state index contributed by atoms with van der Waals surface area (Å²) in [6, 6.07) is 33.0. The molecule has 5 rings (SSSR count). The lowest BCUT2D eigenvalue weighted by Crippen LogP contribution is -2.32. The van der Waals surface area contributed by atoms with Gasteiger partial charge in [-0.1, -0.05) is 66.7 Å². The van der Waals surface area contributed by atoms with Crippen LogP contribution < -0.4 is 14.8 Å². The van der Waals surface area contributed by atoms with Crippen LogP contribution in [-0.2, 0) is 16.4 Å². The Hall–Kier alpha value is -4.04. The van der Waals surface area contributed by atoms with Gasteiger partial charge in [-0.2, -0.15) is 0 Å². The predicted octanol–water partition coefficient (Wildman–Crippen LogP) is 6.19. The first-order chi connectivity index (χ1) is 19.1. The summed E-state index contributed by atoms with van der Waals surface area (Å²) in [5.74, 6) is 1.67. The SMILES string of the molecule is O=S(=O)(NCCNCCCc1ccccc1Oc1ccccc1)c1cc(-c2ccccc2)cc2cnccc12. The fourth-order valence-electron chi connectivity index (χ4n) is 4.50. The van der Waals surface area contributed by atoms with E-state index in [1.54, 1.807) is 24.5 Å². The summed E-state index contributed by atoms with van der Waals surface area (Å²) >= 11 is 0. The maximum atomic E-state index is 13.3. The summed E-state index contributed by atoms with van der Waals surface area (Å²) < 4.78 is 35.4. The monoisotopic (exact) mass is 537 g/mol. The first-order valence-corrected chi connectivity index (χ1v) is 14.5. The van der Waals surface area contributed by atoms with Crippen LogP contribution in [0.2, 0.25) is 0 Å². The molecular formula is C32H31N3O3S. The second kappa shape index (κ2) is 12.7. The van der Waals surface area contributed by atoms with Gasteiger partial charge in [0.05, 0.1) is 4.90 Å². The topological polar surface area (TPSA) is 80.3 Å². The Labute approximate surface area is 229 Å². The minimum Gasteiger partial charge on any atom is -0.457 e. The number of hydrogen-bond donors (Lipinski definition) is 2. The van der Waals surface area contributed by atoms with Crippen LogP contribution in [0.4, 0.5) is 0 Å². The summed E-state index contributed by atoms with van der Waals surface area (Å²) in [5.41, 5.74) is 2.94. The van der Waals surface area contributed by atoms with Crippen LogP contribution in [0.5, 0.6) is 11.5 Å². The van der Waals surface area contributed by atoms with Crippen LogP contribution in [0.1, 0.15) is 12.0 Å². The Bertz CT molecular complexity index is 1630. The largest absolute Gasteiger partial charge is 0.457 e. The van der Waals surface area contributed by atoms with Crippen LogP contribution in [0, 0.1) is 0 Å². The smallest absolute Gasteiger partial charge is 0.241 e. The van der Waals surface area contributed by atoms with Gasteiger partial charge in [0.1, 0.15) is 11.5 Å². The Kier molecular flexibility index (Phi) is 8.63. The number of ether oxygens (including phenoxy) is 1. The van der Waals surface area contributed by atoms with Crippen molar-refractivity contribution in [3.63, 3.8) is 0 Å². The fraction of sp³-hybridized carbons (Fsp3) is 0.156. The number of para-hydroxylation sites is 2. The summed E-state index contributed by atoms with van der Waals surface area (Å²) in [6.07, 6.45) is 5.08. The van der Waals surface area contributed by atoms with Gasteiger partial charge in [0.15, 0.2) is 0 Å². The molecule has 0 bridgehead atoms. The first kappa shape index (κ1) is 26.6. The zero-order valence-corrected chi connectivity index (χ0v) is 22.4. The molecule has 0 atom stereocenters. The van der Waals surface area contributed by atoms with Crippen molar-refractivity contribution >= 4 is 20.8 Å². The third-order valence-electron chi connectivity index (χ3n) is 6.45. The van der Waals surface area contributed by atoms with Gasteiger partial charge in [-0.15, -0.1) is 0 Å². The van der Waals surface area contributed by atoms with Crippen molar-refractivity contribution in [2.45, 2.75) is 17.7 Å². The lowest BCUT2D eigenvalue weighted by molar-refractivity contribution is 0.474. The van der Waals surface area contributed by atoms with E-state index in [1.807, 2.05) is 84.9 Å². The Morgan fingerprint density at radius 2 is 1.49 bits per heavy atom. The second-order valence-corrected chi connectivity index (χ2v) is 10.9. The Balaban J connectivity index is 1.15. The van der Waals surface area contributed by atoms with Gasteiger partial charge in [0.2, 0.25) is 10.0 Å². The van der Waals surface area contributed by atoms with E-state index in [4.69, 9.17) is 4.74 Å². The molecule has 1 aromatic heterocycles. The van der Waals surface area contributed by atoms with Gasteiger partial charge >= 0.3 is 0 Å². The molecule has 0 spiro atoms. The summed E-state index contributed by atoms with van der Waals surface area (Å²) in [4.78, 5) is 4.45. The van der Waals surface area contributed by atoms with Crippen molar-refractivity contribution in [3.05, 3.63) is 121 Å². The molecule has 0 radical (unpaired) electrons. The molecule has 0 fully saturated rings. The number of hydrogen-bond acceptors (Lipinski definition) is 5. The average molecular weight is 538 g/mol. The number of aromatic nitrogens is 1. The van der Waals surface area contributed by atoms with Crippen LogP contribution in [0.25, 0.3) is 21.9 Å². The summed E-state index contributed by atoms with van der Waals surface area (Å²) in [5, 5.41) is 4.79. The number of aryl methyl sites for hydroxylation is 1. The highest BCUT2D eigenvalue weighted by Gasteiger charge is 2.18. The van der Waals surface area contributed by atoms with Gasteiger partial charge in [0, 0.05) is 36.3 Å². The van der Waals surface area contributed by atoms with Gasteiger partial charge in [-0.05, 0) is 72.5 Å². The fourth-order valence-corrected chi connectivity index (χ4v) is 5.78. The van der Waals surface area contributed by atoms with Crippen molar-refractivity contribution in [3.8, 4) is 22.6 Å². The maximum Gasteiger partial charge on any atom is 0.241 e. The number of benzene rings is 4. The molecule has 0 amide bonds. The van der Waals surface area contributed by atoms with Gasteiger partial charge in [-0.3, -0.25) is 4.98 Å². The highest BCUT2D eigenvalue weighted by molar-refractivity contribution is 7.89. The molecule has 0 aliphatic rings. The number of nitrogens with zero attached hydrogens (tertiary/aromatic N) is 1. The Morgan fingerprint density at radius 3 is 2.31 bits per heavy atom. The number of fused-ring (bicyclic) bond motifs is 1. The van der Waals surface area contributed by atoms with E-state index in [0.717, 1.165) is 53.0 Å². The lowest BCUT2D eigenvalue weighted by Gasteiger charge is -2.13. The van der Waals surface area contributed by atoms with E-state index in [9.17, 15) is 8.42 Å². The van der Waals surface area contributed by atoms with Crippen LogP contribution in [-0.4, -0.2) is 33.0 Å². The van der Waals surface area contributed by atoms with Crippen molar-refractivity contribution in [1.29, 1.82) is 0 Å². The Morgan fingerprint density at radius 1 is 0.744 bits per heavy atom. The third kappa shape index (κ3) is 6.89. The second-order valence-electron chi connectivity index (χ2n) is 9.21. The van der Waals surface area contributed by atoms with Crippen molar-refractivity contribution < 1.29 is 13.2 Å². The van der Waals surface area contributed by atoms with Crippen molar-refractivity contribution in [2.75, 3.05) is 19.6 Å². The van der Waals surface area contributed by atoms with E-state index >= 15 is 0 Å². The molecule has 198 valence electrons. The highest BCUT2D eigenvalue weighted by Crippen LogP contribution is 2.30. The highest BCUT2D eigenvalue weighted by atomic mass is 32.2. The molecule has 6 nitrogen and oxygen atoms in total. The minimum absolute atomic E-state index is 0.260. The molecule has 4 aromatic carbocycles. The minimum atomic E-state index is -3.72. The molecule has 0 aliphatic heterocycles. The number of pyridine rings is 1. The van der Waals surface area contributed by atoms with Gasteiger partial charge in [-0.25, -0.2) is 13.1 Å². The van der Waals surface area contributed by atoms with E-state index in [0.29, 0.717) is 11.9 Å². The molecule has 39 heavy (non-hydrogen) atoms. The standard InChI is InChI=1S/C32H31N3O3S/c36-39(37,32-23-27(25-10-3-1-4-11-25)22-28-24-34-19-17-30(28)32)35-21-20-33-18-9-13-26-12-7-8-16-31(26)38-29-14-5-2-6-15-29/h1-8,10-12,14-17,19,22-24,33,35H,9,13,18,20-21H2. The third-order valence-corrected chi connectivity index (χ3v) is 7.95. The maximum absolute atomic E-state index is 13.3. The van der Waals surface area contributed by atoms with Crippen molar-refractivity contribution in [1.82, 2.24) is 15.0 Å². The van der Waals surface area contributed by atoms with Gasteiger partial charge in [0.25, 0.3) is 0 Å². The molecule has 0 saturated heterocycles. The predicted molar refractivity (Wildman–Crippen MR) is 157 cm³/mol. The zero-order valence-electron chi connectivity index (χ0n) is 21.6. The van der Waals surface area contributed by atoms with Crippen LogP contribution >= 0.6 is 0 Å². The average Bonchev–Trinajstić information content (AvgIpc) is 2.98. The quantitative estimate of drug-likeness (QED) is 0.185. The molecule has 7 heteroatoms. The first-order valence-electron chi connectivity index (χ1n) is 13.0.